The van der Waals surface area contributed by atoms with Crippen LogP contribution >= 0.6 is 46.6 Å². The topological polar surface area (TPSA) is 20.2 Å². The van der Waals surface area contributed by atoms with Crippen LogP contribution < -0.4 is 0 Å². The van der Waals surface area contributed by atoms with Gasteiger partial charge in [0.1, 0.15) is 10.8 Å². The van der Waals surface area contributed by atoms with Gasteiger partial charge in [0.2, 0.25) is 0 Å². The van der Waals surface area contributed by atoms with Crippen molar-refractivity contribution >= 4 is 46.6 Å². The number of rotatable bonds is 6. The zero-order chi connectivity index (χ0) is 12.8. The average Bonchev–Trinajstić information content (AvgIpc) is 2.30. The molecule has 0 saturated heterocycles. The first-order valence-electron chi connectivity index (χ1n) is 5.57. The van der Waals surface area contributed by atoms with Crippen molar-refractivity contribution in [3.63, 3.8) is 0 Å². The summed E-state index contributed by atoms with van der Waals surface area (Å²) in [6, 6.07) is 1.43. The Bertz CT molecular complexity index is 383. The third-order valence-electron chi connectivity index (χ3n) is 2.34. The molecule has 17 heavy (non-hydrogen) atoms. The van der Waals surface area contributed by atoms with E-state index in [2.05, 4.69) is 6.92 Å². The minimum atomic E-state index is -0.0722. The van der Waals surface area contributed by atoms with Crippen molar-refractivity contribution in [2.75, 3.05) is 5.75 Å². The lowest BCUT2D eigenvalue weighted by molar-refractivity contribution is 0.475. The molecule has 1 aromatic rings. The van der Waals surface area contributed by atoms with Gasteiger partial charge < -0.3 is 5.11 Å². The Morgan fingerprint density at radius 1 is 1.12 bits per heavy atom. The number of hydrogen-bond acceptors (Lipinski definition) is 2. The highest BCUT2D eigenvalue weighted by atomic mass is 35.5. The molecule has 0 atom stereocenters. The molecule has 0 aromatic heterocycles. The monoisotopic (exact) mass is 312 g/mol. The van der Waals surface area contributed by atoms with Crippen LogP contribution in [0, 0.1) is 0 Å². The summed E-state index contributed by atoms with van der Waals surface area (Å²) in [7, 11) is 0. The maximum absolute atomic E-state index is 9.44. The highest BCUT2D eigenvalue weighted by molar-refractivity contribution is 7.99. The highest BCUT2D eigenvalue weighted by Crippen LogP contribution is 2.43. The Balaban J connectivity index is 2.62. The molecule has 0 radical (unpaired) electrons. The summed E-state index contributed by atoms with van der Waals surface area (Å²) < 4.78 is 0. The zero-order valence-electron chi connectivity index (χ0n) is 9.60. The van der Waals surface area contributed by atoms with Crippen LogP contribution in [0.15, 0.2) is 11.0 Å². The molecule has 5 heteroatoms. The molecule has 1 rings (SSSR count). The summed E-state index contributed by atoms with van der Waals surface area (Å²) in [5.41, 5.74) is 0. The molecular weight excluding hydrogens is 299 g/mol. The number of phenols is 1. The molecule has 96 valence electrons. The van der Waals surface area contributed by atoms with E-state index in [1.165, 1.54) is 25.3 Å². The summed E-state index contributed by atoms with van der Waals surface area (Å²) in [6.07, 6.45) is 4.81. The summed E-state index contributed by atoms with van der Waals surface area (Å²) in [6.45, 7) is 2.18. The van der Waals surface area contributed by atoms with E-state index in [0.717, 1.165) is 17.1 Å². The largest absolute Gasteiger partial charge is 0.506 e. The van der Waals surface area contributed by atoms with Gasteiger partial charge in [-0.3, -0.25) is 0 Å². The predicted molar refractivity (Wildman–Crippen MR) is 78.0 cm³/mol. The summed E-state index contributed by atoms with van der Waals surface area (Å²) in [5, 5.41) is 10.4. The van der Waals surface area contributed by atoms with Crippen LogP contribution in [0.5, 0.6) is 5.75 Å². The predicted octanol–water partition coefficient (Wildman–Crippen LogP) is 6.02. The van der Waals surface area contributed by atoms with E-state index in [9.17, 15) is 5.11 Å². The molecule has 0 aliphatic rings. The van der Waals surface area contributed by atoms with Gasteiger partial charge in [0.15, 0.2) is 0 Å². The lowest BCUT2D eigenvalue weighted by atomic mass is 10.2. The molecule has 1 N–H and O–H groups in total. The Labute approximate surface area is 121 Å². The van der Waals surface area contributed by atoms with Gasteiger partial charge in [0.05, 0.1) is 10.0 Å². The first-order chi connectivity index (χ1) is 8.07. The van der Waals surface area contributed by atoms with E-state index in [0.29, 0.717) is 10.0 Å². The molecule has 0 saturated carbocycles. The highest BCUT2D eigenvalue weighted by Gasteiger charge is 2.14. The number of unbranched alkanes of at least 4 members (excludes halogenated alkanes) is 3. The summed E-state index contributed by atoms with van der Waals surface area (Å²) in [4.78, 5) is 0.757. The second kappa shape index (κ2) is 7.63. The van der Waals surface area contributed by atoms with Crippen LogP contribution in [0.3, 0.4) is 0 Å². The molecule has 0 unspecified atom stereocenters. The molecule has 0 bridgehead atoms. The smallest absolute Gasteiger partial charge is 0.137 e. The van der Waals surface area contributed by atoms with Crippen molar-refractivity contribution in [1.82, 2.24) is 0 Å². The van der Waals surface area contributed by atoms with Gasteiger partial charge in [-0.05, 0) is 12.2 Å². The summed E-state index contributed by atoms with van der Waals surface area (Å²) >= 11 is 19.5. The Kier molecular flexibility index (Phi) is 6.86. The average molecular weight is 314 g/mol. The van der Waals surface area contributed by atoms with Crippen molar-refractivity contribution in [3.8, 4) is 5.75 Å². The van der Waals surface area contributed by atoms with Crippen LogP contribution in [0.4, 0.5) is 0 Å². The van der Waals surface area contributed by atoms with Gasteiger partial charge in [-0.15, -0.1) is 11.8 Å². The number of hydrogen-bond donors (Lipinski definition) is 1. The molecule has 1 aromatic carbocycles. The van der Waals surface area contributed by atoms with E-state index in [1.54, 1.807) is 11.8 Å². The Morgan fingerprint density at radius 3 is 2.47 bits per heavy atom. The van der Waals surface area contributed by atoms with E-state index in [1.807, 2.05) is 0 Å². The van der Waals surface area contributed by atoms with Crippen LogP contribution in [-0.4, -0.2) is 10.9 Å². The van der Waals surface area contributed by atoms with Gasteiger partial charge >= 0.3 is 0 Å². The second-order valence-corrected chi connectivity index (χ2v) is 6.01. The SMILES string of the molecule is CCCCCCSc1c(Cl)cc(O)c(Cl)c1Cl. The maximum Gasteiger partial charge on any atom is 0.137 e. The Hall–Kier alpha value is 0.240. The molecule has 0 aliphatic heterocycles. The van der Waals surface area contributed by atoms with Crippen molar-refractivity contribution in [2.24, 2.45) is 0 Å². The fourth-order valence-electron chi connectivity index (χ4n) is 1.40. The number of thioether (sulfide) groups is 1. The van der Waals surface area contributed by atoms with Crippen LogP contribution in [0.25, 0.3) is 0 Å². The molecule has 0 heterocycles. The number of phenolic OH excluding ortho intramolecular Hbond substituents is 1. The lowest BCUT2D eigenvalue weighted by Gasteiger charge is -2.09. The van der Waals surface area contributed by atoms with Crippen LogP contribution in [0.2, 0.25) is 15.1 Å². The maximum atomic E-state index is 9.44. The van der Waals surface area contributed by atoms with Crippen LogP contribution in [0.1, 0.15) is 32.6 Å². The number of benzene rings is 1. The molecule has 0 aliphatic carbocycles. The standard InChI is InChI=1S/C12H15Cl3OS/c1-2-3-4-5-6-17-12-8(13)7-9(16)10(14)11(12)15/h7,16H,2-6H2,1H3. The van der Waals surface area contributed by atoms with E-state index in [4.69, 9.17) is 34.8 Å². The third-order valence-corrected chi connectivity index (χ3v) is 4.93. The number of halogens is 3. The lowest BCUT2D eigenvalue weighted by Crippen LogP contribution is -1.85. The molecule has 0 spiro atoms. The fraction of sp³-hybridized carbons (Fsp3) is 0.500. The van der Waals surface area contributed by atoms with Crippen molar-refractivity contribution in [3.05, 3.63) is 21.1 Å². The first-order valence-corrected chi connectivity index (χ1v) is 7.69. The minimum Gasteiger partial charge on any atom is -0.506 e. The number of aromatic hydroxyl groups is 1. The molecular formula is C12H15Cl3OS. The van der Waals surface area contributed by atoms with Crippen molar-refractivity contribution < 1.29 is 5.11 Å². The van der Waals surface area contributed by atoms with Gasteiger partial charge in [-0.2, -0.15) is 0 Å². The second-order valence-electron chi connectivity index (χ2n) is 3.74. The molecule has 0 fully saturated rings. The van der Waals surface area contributed by atoms with E-state index < -0.39 is 0 Å². The normalized spacial score (nSPS) is 10.8. The summed E-state index contributed by atoms with van der Waals surface area (Å²) in [5.74, 6) is 0.887. The minimum absolute atomic E-state index is 0.0722. The van der Waals surface area contributed by atoms with Crippen LogP contribution in [-0.2, 0) is 0 Å². The quantitative estimate of drug-likeness (QED) is 0.393. The Morgan fingerprint density at radius 2 is 1.82 bits per heavy atom. The molecule has 1 nitrogen and oxygen atoms in total. The zero-order valence-corrected chi connectivity index (χ0v) is 12.7. The van der Waals surface area contributed by atoms with E-state index >= 15 is 0 Å². The molecule has 0 amide bonds. The van der Waals surface area contributed by atoms with Crippen molar-refractivity contribution in [2.45, 2.75) is 37.5 Å². The van der Waals surface area contributed by atoms with E-state index in [-0.39, 0.29) is 10.8 Å². The van der Waals surface area contributed by atoms with Gasteiger partial charge in [-0.25, -0.2) is 0 Å². The van der Waals surface area contributed by atoms with Gasteiger partial charge in [-0.1, -0.05) is 61.0 Å². The van der Waals surface area contributed by atoms with Gasteiger partial charge in [0, 0.05) is 11.0 Å². The van der Waals surface area contributed by atoms with Crippen molar-refractivity contribution in [1.29, 1.82) is 0 Å². The first kappa shape index (κ1) is 15.3. The third kappa shape index (κ3) is 4.44. The fourth-order valence-corrected chi connectivity index (χ4v) is 3.36. The van der Waals surface area contributed by atoms with Gasteiger partial charge in [0.25, 0.3) is 0 Å².